The summed E-state index contributed by atoms with van der Waals surface area (Å²) in [5.74, 6) is 1.32. The quantitative estimate of drug-likeness (QED) is 0.509. The van der Waals surface area contributed by atoms with E-state index in [-0.39, 0.29) is 11.7 Å². The van der Waals surface area contributed by atoms with Gasteiger partial charge < -0.3 is 4.74 Å². The Morgan fingerprint density at radius 1 is 1.07 bits per heavy atom. The molecule has 5 heteroatoms. The summed E-state index contributed by atoms with van der Waals surface area (Å²) < 4.78 is 19.5. The lowest BCUT2D eigenvalue weighted by molar-refractivity contribution is -0.131. The maximum atomic E-state index is 14.3. The fraction of sp³-hybridized carbons (Fsp3) is 0.440. The molecule has 0 unspecified atom stereocenters. The second-order valence-corrected chi connectivity index (χ2v) is 7.80. The van der Waals surface area contributed by atoms with Crippen molar-refractivity contribution in [3.8, 4) is 16.9 Å². The van der Waals surface area contributed by atoms with Gasteiger partial charge in [0.15, 0.2) is 0 Å². The largest absolute Gasteiger partial charge is 0.497 e. The van der Waals surface area contributed by atoms with Gasteiger partial charge >= 0.3 is 0 Å². The predicted molar refractivity (Wildman–Crippen MR) is 119 cm³/mol. The predicted octanol–water partition coefficient (Wildman–Crippen LogP) is 5.99. The summed E-state index contributed by atoms with van der Waals surface area (Å²) in [4.78, 5) is 19.9. The number of amides is 1. The topological polar surface area (TPSA) is 41.9 Å². The number of ether oxygens (including phenoxy) is 1. The first kappa shape index (κ1) is 22.0. The summed E-state index contributed by atoms with van der Waals surface area (Å²) in [6.07, 6.45) is 4.31. The minimum absolute atomic E-state index is 0.0986. The Hall–Kier alpha value is -2.69. The van der Waals surface area contributed by atoms with Crippen molar-refractivity contribution in [1.82, 2.24) is 4.90 Å². The van der Waals surface area contributed by atoms with Crippen molar-refractivity contribution in [2.45, 2.75) is 65.0 Å². The monoisotopic (exact) mass is 410 g/mol. The molecule has 0 atom stereocenters. The van der Waals surface area contributed by atoms with Crippen LogP contribution in [0.2, 0.25) is 0 Å². The standard InChI is InChI=1S/C25H31FN2O2/c1-5-8-9-23-27-25(6-2,7-3)24(29)28(23)17-18-10-12-19(13-11-18)21-16-20(30-4)14-15-22(21)26/h10-16H,5-9,17H2,1-4H3. The van der Waals surface area contributed by atoms with Gasteiger partial charge in [-0.15, -0.1) is 0 Å². The average molecular weight is 411 g/mol. The van der Waals surface area contributed by atoms with Crippen LogP contribution in [0.15, 0.2) is 47.5 Å². The summed E-state index contributed by atoms with van der Waals surface area (Å²) in [6, 6.07) is 12.4. The van der Waals surface area contributed by atoms with Crippen LogP contribution in [0, 0.1) is 5.82 Å². The van der Waals surface area contributed by atoms with E-state index >= 15 is 0 Å². The van der Waals surface area contributed by atoms with Crippen LogP contribution in [0.5, 0.6) is 5.75 Å². The van der Waals surface area contributed by atoms with E-state index in [1.165, 1.54) is 6.07 Å². The van der Waals surface area contributed by atoms with Crippen molar-refractivity contribution in [3.05, 3.63) is 53.8 Å². The number of nitrogens with zero attached hydrogens (tertiary/aromatic N) is 2. The number of rotatable bonds is 9. The summed E-state index contributed by atoms with van der Waals surface area (Å²) in [6.45, 7) is 6.70. The summed E-state index contributed by atoms with van der Waals surface area (Å²) in [5, 5.41) is 0. The first-order valence-corrected chi connectivity index (χ1v) is 10.8. The maximum absolute atomic E-state index is 14.3. The first-order chi connectivity index (χ1) is 14.5. The molecule has 1 heterocycles. The van der Waals surface area contributed by atoms with Crippen LogP contribution in [0.25, 0.3) is 11.1 Å². The molecule has 0 bridgehead atoms. The van der Waals surface area contributed by atoms with Crippen LogP contribution in [0.1, 0.15) is 58.4 Å². The van der Waals surface area contributed by atoms with Gasteiger partial charge in [-0.1, -0.05) is 51.5 Å². The number of hydrogen-bond donors (Lipinski definition) is 0. The van der Waals surface area contributed by atoms with Crippen molar-refractivity contribution in [1.29, 1.82) is 0 Å². The zero-order chi connectivity index (χ0) is 21.7. The van der Waals surface area contributed by atoms with Crippen LogP contribution in [-0.2, 0) is 11.3 Å². The molecule has 0 fully saturated rings. The van der Waals surface area contributed by atoms with E-state index in [1.54, 1.807) is 19.2 Å². The molecule has 0 radical (unpaired) electrons. The smallest absolute Gasteiger partial charge is 0.256 e. The first-order valence-electron chi connectivity index (χ1n) is 10.8. The van der Waals surface area contributed by atoms with Crippen LogP contribution >= 0.6 is 0 Å². The Balaban J connectivity index is 1.83. The van der Waals surface area contributed by atoms with Crippen molar-refractivity contribution >= 4 is 11.7 Å². The summed E-state index contributed by atoms with van der Waals surface area (Å²) >= 11 is 0. The minimum Gasteiger partial charge on any atom is -0.497 e. The summed E-state index contributed by atoms with van der Waals surface area (Å²) in [5.41, 5.74) is 1.66. The molecular formula is C25H31FN2O2. The van der Waals surface area contributed by atoms with Gasteiger partial charge in [-0.2, -0.15) is 0 Å². The number of carbonyl (C=O) groups excluding carboxylic acids is 1. The van der Waals surface area contributed by atoms with Crippen LogP contribution in [0.4, 0.5) is 4.39 Å². The molecule has 0 aromatic heterocycles. The Labute approximate surface area is 178 Å². The van der Waals surface area contributed by atoms with E-state index in [4.69, 9.17) is 9.73 Å². The number of benzene rings is 2. The fourth-order valence-electron chi connectivity index (χ4n) is 3.95. The van der Waals surface area contributed by atoms with Crippen LogP contribution in [-0.4, -0.2) is 29.3 Å². The zero-order valence-electron chi connectivity index (χ0n) is 18.4. The average Bonchev–Trinajstić information content (AvgIpc) is 3.04. The lowest BCUT2D eigenvalue weighted by Gasteiger charge is -2.24. The van der Waals surface area contributed by atoms with Gasteiger partial charge in [-0.05, 0) is 48.6 Å². The van der Waals surface area contributed by atoms with Crippen LogP contribution < -0.4 is 4.74 Å². The highest BCUT2D eigenvalue weighted by molar-refractivity contribution is 6.08. The highest BCUT2D eigenvalue weighted by Crippen LogP contribution is 2.33. The lowest BCUT2D eigenvalue weighted by Crippen LogP contribution is -2.41. The Morgan fingerprint density at radius 2 is 1.77 bits per heavy atom. The van der Waals surface area contributed by atoms with Gasteiger partial charge in [0.05, 0.1) is 13.7 Å². The highest BCUT2D eigenvalue weighted by Gasteiger charge is 2.45. The van der Waals surface area contributed by atoms with Crippen molar-refractivity contribution in [2.75, 3.05) is 7.11 Å². The van der Waals surface area contributed by atoms with E-state index < -0.39 is 5.54 Å². The maximum Gasteiger partial charge on any atom is 0.256 e. The number of amidine groups is 1. The van der Waals surface area contributed by atoms with Crippen molar-refractivity contribution in [3.63, 3.8) is 0 Å². The minimum atomic E-state index is -0.618. The molecule has 0 saturated heterocycles. The second-order valence-electron chi connectivity index (χ2n) is 7.80. The third-order valence-electron chi connectivity index (χ3n) is 6.00. The normalized spacial score (nSPS) is 15.4. The third kappa shape index (κ3) is 4.25. The second kappa shape index (κ2) is 9.41. The van der Waals surface area contributed by atoms with E-state index in [9.17, 15) is 9.18 Å². The van der Waals surface area contributed by atoms with Gasteiger partial charge in [0.2, 0.25) is 0 Å². The Bertz CT molecular complexity index is 917. The van der Waals surface area contributed by atoms with Gasteiger partial charge in [0.25, 0.3) is 5.91 Å². The number of hydrogen-bond acceptors (Lipinski definition) is 3. The molecule has 30 heavy (non-hydrogen) atoms. The molecule has 160 valence electrons. The van der Waals surface area contributed by atoms with Crippen LogP contribution in [0.3, 0.4) is 0 Å². The van der Waals surface area contributed by atoms with Crippen molar-refractivity contribution in [2.24, 2.45) is 4.99 Å². The van der Waals surface area contributed by atoms with Gasteiger partial charge in [-0.3, -0.25) is 14.7 Å². The SMILES string of the molecule is CCCCC1=NC(CC)(CC)C(=O)N1Cc1ccc(-c2cc(OC)ccc2F)cc1. The molecule has 0 N–H and O–H groups in total. The molecule has 0 aliphatic carbocycles. The lowest BCUT2D eigenvalue weighted by atomic mass is 9.93. The number of methoxy groups -OCH3 is 1. The van der Waals surface area contributed by atoms with E-state index in [0.717, 1.165) is 36.2 Å². The van der Waals surface area contributed by atoms with E-state index in [0.29, 0.717) is 30.7 Å². The number of aliphatic imine (C=N–C) groups is 1. The molecule has 2 aromatic carbocycles. The fourth-order valence-corrected chi connectivity index (χ4v) is 3.95. The van der Waals surface area contributed by atoms with E-state index in [2.05, 4.69) is 6.92 Å². The molecule has 0 spiro atoms. The molecule has 1 aliphatic heterocycles. The third-order valence-corrected chi connectivity index (χ3v) is 6.00. The molecule has 0 saturated carbocycles. The number of halogens is 1. The van der Waals surface area contributed by atoms with Gasteiger partial charge in [0.1, 0.15) is 22.9 Å². The summed E-state index contributed by atoms with van der Waals surface area (Å²) in [7, 11) is 1.57. The van der Waals surface area contributed by atoms with E-state index in [1.807, 2.05) is 43.0 Å². The number of unbranched alkanes of at least 4 members (excludes halogenated alkanes) is 1. The van der Waals surface area contributed by atoms with Gasteiger partial charge in [-0.25, -0.2) is 4.39 Å². The molecular weight excluding hydrogens is 379 g/mol. The zero-order valence-corrected chi connectivity index (χ0v) is 18.4. The van der Waals surface area contributed by atoms with Gasteiger partial charge in [0, 0.05) is 12.0 Å². The Kier molecular flexibility index (Phi) is 6.91. The highest BCUT2D eigenvalue weighted by atomic mass is 19.1. The molecule has 1 amide bonds. The van der Waals surface area contributed by atoms with Crippen molar-refractivity contribution < 1.29 is 13.9 Å². The number of carbonyl (C=O) groups is 1. The Morgan fingerprint density at radius 3 is 2.37 bits per heavy atom. The molecule has 4 nitrogen and oxygen atoms in total. The molecule has 3 rings (SSSR count). The molecule has 1 aliphatic rings. The molecule has 2 aromatic rings.